The van der Waals surface area contributed by atoms with Crippen LogP contribution in [0.1, 0.15) is 24.0 Å². The molecule has 1 aliphatic carbocycles. The first-order valence-electron chi connectivity index (χ1n) is 6.03. The van der Waals surface area contributed by atoms with Crippen LogP contribution in [-0.2, 0) is 9.53 Å². The molecule has 0 aromatic heterocycles. The summed E-state index contributed by atoms with van der Waals surface area (Å²) in [5.41, 5.74) is 3.42. The average Bonchev–Trinajstić information content (AvgIpc) is 3.11. The van der Waals surface area contributed by atoms with Crippen LogP contribution in [0.15, 0.2) is 18.2 Å². The van der Waals surface area contributed by atoms with Crippen LogP contribution >= 0.6 is 0 Å². The molecule has 0 bridgehead atoms. The molecule has 0 aliphatic heterocycles. The first kappa shape index (κ1) is 12.0. The largest absolute Gasteiger partial charge is 0.467 e. The Labute approximate surface area is 102 Å². The second kappa shape index (κ2) is 4.78. The highest BCUT2D eigenvalue weighted by atomic mass is 16.5. The highest BCUT2D eigenvalue weighted by Crippen LogP contribution is 2.35. The summed E-state index contributed by atoms with van der Waals surface area (Å²) in [5, 5.41) is 3.31. The number of rotatable bonds is 4. The molecule has 1 aliphatic rings. The van der Waals surface area contributed by atoms with Gasteiger partial charge in [0.05, 0.1) is 7.11 Å². The van der Waals surface area contributed by atoms with Crippen LogP contribution in [-0.4, -0.2) is 19.1 Å². The molecule has 3 nitrogen and oxygen atoms in total. The number of methoxy groups -OCH3 is 1. The molecule has 1 saturated carbocycles. The van der Waals surface area contributed by atoms with Gasteiger partial charge in [-0.15, -0.1) is 0 Å². The molecule has 0 saturated heterocycles. The quantitative estimate of drug-likeness (QED) is 0.812. The van der Waals surface area contributed by atoms with E-state index in [1.807, 2.05) is 6.07 Å². The van der Waals surface area contributed by atoms with E-state index in [4.69, 9.17) is 4.74 Å². The van der Waals surface area contributed by atoms with Crippen molar-refractivity contribution < 1.29 is 9.53 Å². The molecule has 1 N–H and O–H groups in total. The van der Waals surface area contributed by atoms with Crippen molar-refractivity contribution in [3.8, 4) is 0 Å². The fourth-order valence-corrected chi connectivity index (χ4v) is 2.07. The minimum atomic E-state index is -0.193. The molecule has 17 heavy (non-hydrogen) atoms. The Hall–Kier alpha value is -1.51. The van der Waals surface area contributed by atoms with Gasteiger partial charge in [-0.1, -0.05) is 17.7 Å². The van der Waals surface area contributed by atoms with Gasteiger partial charge in [-0.25, -0.2) is 4.79 Å². The molecule has 1 aromatic carbocycles. The standard InChI is InChI=1S/C14H19NO2/c1-9-4-7-12(10(2)8-9)15-13(11-5-6-11)14(16)17-3/h4,7-8,11,13,15H,5-6H2,1-3H3. The van der Waals surface area contributed by atoms with Gasteiger partial charge in [0.25, 0.3) is 0 Å². The second-order valence-electron chi connectivity index (χ2n) is 4.80. The maximum absolute atomic E-state index is 11.7. The zero-order chi connectivity index (χ0) is 12.4. The van der Waals surface area contributed by atoms with Crippen LogP contribution in [0.3, 0.4) is 0 Å². The number of carbonyl (C=O) groups excluding carboxylic acids is 1. The van der Waals surface area contributed by atoms with Crippen molar-refractivity contribution in [1.82, 2.24) is 0 Å². The third-order valence-corrected chi connectivity index (χ3v) is 3.24. The predicted octanol–water partition coefficient (Wildman–Crippen LogP) is 2.67. The Balaban J connectivity index is 2.14. The predicted molar refractivity (Wildman–Crippen MR) is 68.1 cm³/mol. The van der Waals surface area contributed by atoms with E-state index >= 15 is 0 Å². The molecule has 1 unspecified atom stereocenters. The van der Waals surface area contributed by atoms with Gasteiger partial charge in [-0.05, 0) is 44.2 Å². The molecule has 1 aromatic rings. The third kappa shape index (κ3) is 2.78. The van der Waals surface area contributed by atoms with E-state index in [2.05, 4.69) is 31.3 Å². The Kier molecular flexibility index (Phi) is 3.36. The molecule has 1 atom stereocenters. The van der Waals surface area contributed by atoms with Gasteiger partial charge in [-0.3, -0.25) is 0 Å². The molecule has 1 fully saturated rings. The molecule has 3 heteroatoms. The van der Waals surface area contributed by atoms with Crippen molar-refractivity contribution in [3.05, 3.63) is 29.3 Å². The number of hydrogen-bond acceptors (Lipinski definition) is 3. The van der Waals surface area contributed by atoms with Crippen LogP contribution < -0.4 is 5.32 Å². The first-order chi connectivity index (χ1) is 8.11. The Morgan fingerprint density at radius 3 is 2.65 bits per heavy atom. The lowest BCUT2D eigenvalue weighted by Gasteiger charge is -2.18. The van der Waals surface area contributed by atoms with Crippen molar-refractivity contribution in [2.75, 3.05) is 12.4 Å². The maximum atomic E-state index is 11.7. The lowest BCUT2D eigenvalue weighted by Crippen LogP contribution is -2.32. The summed E-state index contributed by atoms with van der Waals surface area (Å²) in [7, 11) is 1.45. The van der Waals surface area contributed by atoms with Crippen LogP contribution in [0.2, 0.25) is 0 Å². The van der Waals surface area contributed by atoms with E-state index in [-0.39, 0.29) is 12.0 Å². The van der Waals surface area contributed by atoms with E-state index in [0.717, 1.165) is 18.5 Å². The minimum Gasteiger partial charge on any atom is -0.467 e. The molecular weight excluding hydrogens is 214 g/mol. The van der Waals surface area contributed by atoms with Crippen molar-refractivity contribution in [1.29, 1.82) is 0 Å². The summed E-state index contributed by atoms with van der Waals surface area (Å²) in [4.78, 5) is 11.7. The van der Waals surface area contributed by atoms with Crippen LogP contribution in [0.5, 0.6) is 0 Å². The lowest BCUT2D eigenvalue weighted by atomic mass is 10.1. The number of carbonyl (C=O) groups is 1. The normalized spacial score (nSPS) is 16.4. The third-order valence-electron chi connectivity index (χ3n) is 3.24. The van der Waals surface area contributed by atoms with E-state index in [1.54, 1.807) is 0 Å². The maximum Gasteiger partial charge on any atom is 0.328 e. The highest BCUT2D eigenvalue weighted by Gasteiger charge is 2.37. The van der Waals surface area contributed by atoms with Gasteiger partial charge >= 0.3 is 5.97 Å². The van der Waals surface area contributed by atoms with Gasteiger partial charge in [-0.2, -0.15) is 0 Å². The van der Waals surface area contributed by atoms with E-state index in [1.165, 1.54) is 18.2 Å². The zero-order valence-electron chi connectivity index (χ0n) is 10.6. The monoisotopic (exact) mass is 233 g/mol. The zero-order valence-corrected chi connectivity index (χ0v) is 10.6. The average molecular weight is 233 g/mol. The minimum absolute atomic E-state index is 0.160. The first-order valence-corrected chi connectivity index (χ1v) is 6.03. The van der Waals surface area contributed by atoms with Gasteiger partial charge in [0.2, 0.25) is 0 Å². The number of esters is 1. The van der Waals surface area contributed by atoms with Crippen molar-refractivity contribution in [2.24, 2.45) is 5.92 Å². The lowest BCUT2D eigenvalue weighted by molar-refractivity contribution is -0.142. The molecule has 92 valence electrons. The topological polar surface area (TPSA) is 38.3 Å². The van der Waals surface area contributed by atoms with Gasteiger partial charge in [0.1, 0.15) is 6.04 Å². The summed E-state index contributed by atoms with van der Waals surface area (Å²) in [6.45, 7) is 4.12. The van der Waals surface area contributed by atoms with Crippen LogP contribution in [0, 0.1) is 19.8 Å². The molecule has 2 rings (SSSR count). The number of ether oxygens (including phenoxy) is 1. The molecular formula is C14H19NO2. The Bertz CT molecular complexity index is 424. The summed E-state index contributed by atoms with van der Waals surface area (Å²) in [5.74, 6) is 0.274. The van der Waals surface area contributed by atoms with Crippen LogP contribution in [0.4, 0.5) is 5.69 Å². The van der Waals surface area contributed by atoms with E-state index in [9.17, 15) is 4.79 Å². The second-order valence-corrected chi connectivity index (χ2v) is 4.80. The number of hydrogen-bond donors (Lipinski definition) is 1. The fraction of sp³-hybridized carbons (Fsp3) is 0.500. The van der Waals surface area contributed by atoms with Gasteiger partial charge in [0, 0.05) is 5.69 Å². The fourth-order valence-electron chi connectivity index (χ4n) is 2.07. The summed E-state index contributed by atoms with van der Waals surface area (Å²) >= 11 is 0. The SMILES string of the molecule is COC(=O)C(Nc1ccc(C)cc1C)C1CC1. The van der Waals surface area contributed by atoms with E-state index in [0.29, 0.717) is 5.92 Å². The summed E-state index contributed by atoms with van der Waals surface area (Å²) < 4.78 is 4.85. The van der Waals surface area contributed by atoms with E-state index < -0.39 is 0 Å². The molecule has 0 heterocycles. The van der Waals surface area contributed by atoms with Crippen molar-refractivity contribution in [3.63, 3.8) is 0 Å². The number of aryl methyl sites for hydroxylation is 2. The highest BCUT2D eigenvalue weighted by molar-refractivity contribution is 5.80. The molecule has 0 amide bonds. The Morgan fingerprint density at radius 2 is 2.12 bits per heavy atom. The van der Waals surface area contributed by atoms with Gasteiger partial charge < -0.3 is 10.1 Å². The van der Waals surface area contributed by atoms with Crippen LogP contribution in [0.25, 0.3) is 0 Å². The number of benzene rings is 1. The van der Waals surface area contributed by atoms with Crippen molar-refractivity contribution >= 4 is 11.7 Å². The van der Waals surface area contributed by atoms with Crippen molar-refractivity contribution in [2.45, 2.75) is 32.7 Å². The number of nitrogens with one attached hydrogen (secondary N) is 1. The molecule has 0 spiro atoms. The van der Waals surface area contributed by atoms with Gasteiger partial charge in [0.15, 0.2) is 0 Å². The summed E-state index contributed by atoms with van der Waals surface area (Å²) in [6, 6.07) is 6.00. The summed E-state index contributed by atoms with van der Waals surface area (Å²) in [6.07, 6.45) is 2.22. The number of anilines is 1. The Morgan fingerprint density at radius 1 is 1.41 bits per heavy atom. The molecule has 0 radical (unpaired) electrons. The smallest absolute Gasteiger partial charge is 0.328 e.